The first-order valence-electron chi connectivity index (χ1n) is 6.87. The summed E-state index contributed by atoms with van der Waals surface area (Å²) < 4.78 is 6.74. The highest BCUT2D eigenvalue weighted by molar-refractivity contribution is 5.84. The van der Waals surface area contributed by atoms with Gasteiger partial charge < -0.3 is 24.6 Å². The lowest BCUT2D eigenvalue weighted by Crippen LogP contribution is -2.39. The Hall–Kier alpha value is -2.09. The van der Waals surface area contributed by atoms with E-state index >= 15 is 0 Å². The van der Waals surface area contributed by atoms with Gasteiger partial charge in [0.25, 0.3) is 0 Å². The number of carbonyl (C=O) groups excluding carboxylic acids is 1. The van der Waals surface area contributed by atoms with Gasteiger partial charge in [-0.1, -0.05) is 0 Å². The summed E-state index contributed by atoms with van der Waals surface area (Å²) in [6, 6.07) is -0.0906. The summed E-state index contributed by atoms with van der Waals surface area (Å²) in [5, 5.41) is 11.6. The largest absolute Gasteiger partial charge is 0.476 e. The van der Waals surface area contributed by atoms with E-state index in [0.29, 0.717) is 32.2 Å². The van der Waals surface area contributed by atoms with Crippen LogP contribution >= 0.6 is 0 Å². The zero-order chi connectivity index (χ0) is 15.2. The summed E-state index contributed by atoms with van der Waals surface area (Å²) in [7, 11) is 1.67. The fraction of sp³-hybridized carbons (Fsp3) is 0.615. The van der Waals surface area contributed by atoms with E-state index in [0.717, 1.165) is 13.0 Å². The summed E-state index contributed by atoms with van der Waals surface area (Å²) >= 11 is 0. The molecule has 1 aromatic heterocycles. The van der Waals surface area contributed by atoms with Crippen molar-refractivity contribution >= 4 is 12.0 Å². The first-order chi connectivity index (χ1) is 10.1. The van der Waals surface area contributed by atoms with E-state index in [1.165, 1.54) is 12.5 Å². The van der Waals surface area contributed by atoms with Gasteiger partial charge in [0.05, 0.1) is 12.9 Å². The Balaban J connectivity index is 1.70. The Bertz CT molecular complexity index is 502. The molecule has 2 amide bonds. The van der Waals surface area contributed by atoms with Crippen LogP contribution in [0.3, 0.4) is 0 Å². The second-order valence-corrected chi connectivity index (χ2v) is 5.09. The fourth-order valence-corrected chi connectivity index (χ4v) is 2.39. The van der Waals surface area contributed by atoms with Crippen molar-refractivity contribution in [3.63, 3.8) is 0 Å². The van der Waals surface area contributed by atoms with Crippen molar-refractivity contribution in [1.29, 1.82) is 0 Å². The van der Waals surface area contributed by atoms with Gasteiger partial charge >= 0.3 is 12.0 Å². The van der Waals surface area contributed by atoms with E-state index in [2.05, 4.69) is 10.3 Å². The maximum atomic E-state index is 12.0. The average Bonchev–Trinajstić information content (AvgIpc) is 3.08. The molecule has 2 N–H and O–H groups in total. The molecule has 21 heavy (non-hydrogen) atoms. The number of carbonyl (C=O) groups is 2. The maximum Gasteiger partial charge on any atom is 0.356 e. The van der Waals surface area contributed by atoms with Crippen molar-refractivity contribution in [1.82, 2.24) is 19.8 Å². The maximum absolute atomic E-state index is 12.0. The van der Waals surface area contributed by atoms with Crippen LogP contribution in [-0.4, -0.2) is 64.9 Å². The highest BCUT2D eigenvalue weighted by atomic mass is 16.5. The molecule has 0 spiro atoms. The Morgan fingerprint density at radius 2 is 2.38 bits per heavy atom. The number of urea groups is 1. The molecule has 0 aromatic carbocycles. The number of carboxylic acid groups (broad SMARTS) is 1. The van der Waals surface area contributed by atoms with E-state index in [4.69, 9.17) is 9.84 Å². The van der Waals surface area contributed by atoms with Gasteiger partial charge in [-0.05, 0) is 6.42 Å². The van der Waals surface area contributed by atoms with Crippen LogP contribution < -0.4 is 5.32 Å². The van der Waals surface area contributed by atoms with Crippen molar-refractivity contribution in [2.75, 3.05) is 33.4 Å². The van der Waals surface area contributed by atoms with Crippen molar-refractivity contribution in [3.8, 4) is 0 Å². The molecule has 1 fully saturated rings. The van der Waals surface area contributed by atoms with E-state index < -0.39 is 5.97 Å². The molecule has 1 saturated heterocycles. The first-order valence-corrected chi connectivity index (χ1v) is 6.87. The highest BCUT2D eigenvalue weighted by Crippen LogP contribution is 2.15. The second-order valence-electron chi connectivity index (χ2n) is 5.09. The molecule has 0 radical (unpaired) electrons. The topological polar surface area (TPSA) is 96.7 Å². The van der Waals surface area contributed by atoms with Gasteiger partial charge in [0.2, 0.25) is 0 Å². The predicted octanol–water partition coefficient (Wildman–Crippen LogP) is 0.259. The lowest BCUT2D eigenvalue weighted by Gasteiger charge is -2.17. The summed E-state index contributed by atoms with van der Waals surface area (Å²) in [5.74, 6) is -0.647. The number of rotatable bonds is 6. The fourth-order valence-electron chi connectivity index (χ4n) is 2.39. The number of nitrogens with zero attached hydrogens (tertiary/aromatic N) is 3. The number of amides is 2. The molecule has 1 aromatic rings. The van der Waals surface area contributed by atoms with Crippen LogP contribution in [0.15, 0.2) is 12.5 Å². The molecular weight excluding hydrogens is 276 g/mol. The number of likely N-dealkylation sites (tertiary alicyclic amines) is 1. The lowest BCUT2D eigenvalue weighted by molar-refractivity contribution is 0.0691. The SMILES string of the molecule is COCC1CCN(C(=O)NCCn2cnc(C(=O)O)c2)C1. The van der Waals surface area contributed by atoms with Gasteiger partial charge in [-0.25, -0.2) is 14.6 Å². The van der Waals surface area contributed by atoms with Crippen molar-refractivity contribution in [3.05, 3.63) is 18.2 Å². The van der Waals surface area contributed by atoms with Crippen molar-refractivity contribution in [2.45, 2.75) is 13.0 Å². The normalized spacial score (nSPS) is 18.0. The Morgan fingerprint density at radius 1 is 1.57 bits per heavy atom. The van der Waals surface area contributed by atoms with Crippen LogP contribution in [0.1, 0.15) is 16.9 Å². The third-order valence-electron chi connectivity index (χ3n) is 3.47. The zero-order valence-electron chi connectivity index (χ0n) is 12.0. The minimum Gasteiger partial charge on any atom is -0.476 e. The van der Waals surface area contributed by atoms with Crippen LogP contribution in [-0.2, 0) is 11.3 Å². The molecule has 8 heteroatoms. The van der Waals surface area contributed by atoms with Gasteiger partial charge in [0.15, 0.2) is 5.69 Å². The first kappa shape index (κ1) is 15.3. The van der Waals surface area contributed by atoms with Gasteiger partial charge in [0, 0.05) is 45.4 Å². The Kier molecular flexibility index (Phi) is 5.15. The third-order valence-corrected chi connectivity index (χ3v) is 3.47. The molecular formula is C13H20N4O4. The van der Waals surface area contributed by atoms with Crippen molar-refractivity contribution < 1.29 is 19.4 Å². The van der Waals surface area contributed by atoms with Crippen LogP contribution in [0.4, 0.5) is 4.79 Å². The highest BCUT2D eigenvalue weighted by Gasteiger charge is 2.25. The van der Waals surface area contributed by atoms with Crippen LogP contribution in [0.2, 0.25) is 0 Å². The van der Waals surface area contributed by atoms with Crippen LogP contribution in [0, 0.1) is 5.92 Å². The van der Waals surface area contributed by atoms with Gasteiger partial charge in [0.1, 0.15) is 0 Å². The lowest BCUT2D eigenvalue weighted by atomic mass is 10.1. The third kappa shape index (κ3) is 4.19. The number of aromatic carboxylic acids is 1. The molecule has 116 valence electrons. The second kappa shape index (κ2) is 7.07. The van der Waals surface area contributed by atoms with Crippen LogP contribution in [0.5, 0.6) is 0 Å². The number of carboxylic acids is 1. The smallest absolute Gasteiger partial charge is 0.356 e. The minimum absolute atomic E-state index is 0.00303. The zero-order valence-corrected chi connectivity index (χ0v) is 12.0. The standard InChI is InChI=1S/C13H20N4O4/c1-21-8-10-2-4-17(6-10)13(20)14-3-5-16-7-11(12(18)19)15-9-16/h7,9-10H,2-6,8H2,1H3,(H,14,20)(H,18,19). The number of methoxy groups -OCH3 is 1. The summed E-state index contributed by atoms with van der Waals surface area (Å²) in [5.41, 5.74) is 0.00303. The summed E-state index contributed by atoms with van der Waals surface area (Å²) in [4.78, 5) is 28.2. The molecule has 1 aliphatic heterocycles. The monoisotopic (exact) mass is 296 g/mol. The predicted molar refractivity (Wildman–Crippen MR) is 74.1 cm³/mol. The van der Waals surface area contributed by atoms with E-state index in [1.54, 1.807) is 16.6 Å². The average molecular weight is 296 g/mol. The number of hydrogen-bond acceptors (Lipinski definition) is 4. The minimum atomic E-state index is -1.06. The molecule has 0 saturated carbocycles. The summed E-state index contributed by atoms with van der Waals surface area (Å²) in [6.07, 6.45) is 3.85. The van der Waals surface area contributed by atoms with Gasteiger partial charge in [-0.15, -0.1) is 0 Å². The molecule has 2 rings (SSSR count). The number of nitrogens with one attached hydrogen (secondary N) is 1. The molecule has 8 nitrogen and oxygen atoms in total. The Labute approximate surface area is 122 Å². The summed E-state index contributed by atoms with van der Waals surface area (Å²) in [6.45, 7) is 3.06. The van der Waals surface area contributed by atoms with Crippen LogP contribution in [0.25, 0.3) is 0 Å². The van der Waals surface area contributed by atoms with Crippen molar-refractivity contribution in [2.24, 2.45) is 5.92 Å². The molecule has 1 unspecified atom stereocenters. The number of aromatic nitrogens is 2. The number of hydrogen-bond donors (Lipinski definition) is 2. The molecule has 1 atom stereocenters. The van der Waals surface area contributed by atoms with E-state index in [1.807, 2.05) is 0 Å². The van der Waals surface area contributed by atoms with E-state index in [9.17, 15) is 9.59 Å². The van der Waals surface area contributed by atoms with Gasteiger partial charge in [-0.3, -0.25) is 0 Å². The number of imidazole rings is 1. The molecule has 0 aliphatic carbocycles. The Morgan fingerprint density at radius 3 is 3.05 bits per heavy atom. The molecule has 1 aliphatic rings. The molecule has 2 heterocycles. The quantitative estimate of drug-likeness (QED) is 0.785. The van der Waals surface area contributed by atoms with E-state index in [-0.39, 0.29) is 11.7 Å². The number of ether oxygens (including phenoxy) is 1. The van der Waals surface area contributed by atoms with Gasteiger partial charge in [-0.2, -0.15) is 0 Å². The molecule has 0 bridgehead atoms.